The summed E-state index contributed by atoms with van der Waals surface area (Å²) in [4.78, 5) is 27.0. The van der Waals surface area contributed by atoms with E-state index in [1.807, 2.05) is 6.07 Å². The van der Waals surface area contributed by atoms with Crippen LogP contribution in [0, 0.1) is 0 Å². The van der Waals surface area contributed by atoms with Crippen LogP contribution in [0.5, 0.6) is 0 Å². The second-order valence-corrected chi connectivity index (χ2v) is 3.30. The molecule has 1 rings (SSSR count). The van der Waals surface area contributed by atoms with Gasteiger partial charge >= 0.3 is 5.97 Å². The van der Waals surface area contributed by atoms with E-state index in [1.165, 1.54) is 0 Å². The van der Waals surface area contributed by atoms with Gasteiger partial charge in [0.25, 0.3) is 5.91 Å². The number of amides is 1. The Bertz CT molecular complexity index is 464. The molecule has 0 fully saturated rings. The maximum atomic E-state index is 11.8. The van der Waals surface area contributed by atoms with E-state index in [2.05, 4.69) is 22.8 Å². The first-order valence-corrected chi connectivity index (χ1v) is 5.43. The van der Waals surface area contributed by atoms with Gasteiger partial charge in [-0.1, -0.05) is 18.2 Å². The summed E-state index contributed by atoms with van der Waals surface area (Å²) < 4.78 is 4.75. The first-order chi connectivity index (χ1) is 8.69. The number of carbonyl (C=O) groups is 2. The molecule has 1 aromatic rings. The molecule has 1 amide bonds. The number of para-hydroxylation sites is 1. The average molecular weight is 246 g/mol. The van der Waals surface area contributed by atoms with E-state index < -0.39 is 17.9 Å². The fourth-order valence-corrected chi connectivity index (χ4v) is 1.26. The summed E-state index contributed by atoms with van der Waals surface area (Å²) in [6.07, 6.45) is 0. The molecule has 0 spiro atoms. The molecule has 0 heterocycles. The minimum absolute atomic E-state index is 0.181. The Morgan fingerprint density at radius 3 is 2.67 bits per heavy atom. The molecule has 0 radical (unpaired) electrons. The topological polar surface area (TPSA) is 67.8 Å². The minimum Gasteiger partial charge on any atom is -0.464 e. The van der Waals surface area contributed by atoms with E-state index in [-0.39, 0.29) is 6.61 Å². The molecule has 5 heteroatoms. The minimum atomic E-state index is -1.28. The summed E-state index contributed by atoms with van der Waals surface area (Å²) in [6.45, 7) is 5.09. The van der Waals surface area contributed by atoms with Gasteiger partial charge < -0.3 is 10.1 Å². The Kier molecular flexibility index (Phi) is 5.35. The number of esters is 1. The number of anilines is 1. The molecule has 5 nitrogen and oxygen atoms in total. The van der Waals surface area contributed by atoms with Gasteiger partial charge in [-0.05, 0) is 31.5 Å². The van der Waals surface area contributed by atoms with Gasteiger partial charge in [-0.3, -0.25) is 4.79 Å². The number of hydrogen-bond acceptors (Lipinski definition) is 4. The third-order valence-electron chi connectivity index (χ3n) is 2.02. The lowest BCUT2D eigenvalue weighted by atomic mass is 10.2. The van der Waals surface area contributed by atoms with Crippen molar-refractivity contribution in [2.45, 2.75) is 13.0 Å². The number of rotatable bonds is 5. The molecule has 0 aliphatic heterocycles. The Hall–Kier alpha value is -2.39. The molecule has 0 saturated heterocycles. The van der Waals surface area contributed by atoms with E-state index in [1.54, 1.807) is 31.2 Å². The fourth-order valence-electron chi connectivity index (χ4n) is 1.26. The van der Waals surface area contributed by atoms with E-state index in [0.717, 1.165) is 0 Å². The number of ether oxygens (including phenoxy) is 1. The molecule has 0 aliphatic rings. The molecule has 94 valence electrons. The number of nitrogens with one attached hydrogen (secondary N) is 1. The highest BCUT2D eigenvalue weighted by atomic mass is 16.5. The van der Waals surface area contributed by atoms with Crippen molar-refractivity contribution in [1.82, 2.24) is 0 Å². The third-order valence-corrected chi connectivity index (χ3v) is 2.02. The van der Waals surface area contributed by atoms with Gasteiger partial charge in [-0.15, -0.1) is 0 Å². The van der Waals surface area contributed by atoms with Crippen molar-refractivity contribution >= 4 is 23.4 Å². The van der Waals surface area contributed by atoms with Gasteiger partial charge in [0.1, 0.15) is 0 Å². The van der Waals surface area contributed by atoms with Crippen molar-refractivity contribution in [2.75, 3.05) is 11.9 Å². The van der Waals surface area contributed by atoms with Crippen LogP contribution >= 0.6 is 0 Å². The lowest BCUT2D eigenvalue weighted by Crippen LogP contribution is -2.34. The van der Waals surface area contributed by atoms with Crippen LogP contribution in [0.1, 0.15) is 6.92 Å². The zero-order chi connectivity index (χ0) is 13.4. The quantitative estimate of drug-likeness (QED) is 0.485. The zero-order valence-corrected chi connectivity index (χ0v) is 10.1. The summed E-state index contributed by atoms with van der Waals surface area (Å²) in [6, 6.07) is 7.50. The van der Waals surface area contributed by atoms with Crippen LogP contribution < -0.4 is 5.32 Å². The summed E-state index contributed by atoms with van der Waals surface area (Å²) >= 11 is 0. The maximum absolute atomic E-state index is 11.8. The van der Waals surface area contributed by atoms with Crippen molar-refractivity contribution in [2.24, 2.45) is 4.99 Å². The van der Waals surface area contributed by atoms with Crippen LogP contribution in [0.15, 0.2) is 41.9 Å². The van der Waals surface area contributed by atoms with Crippen molar-refractivity contribution in [3.8, 4) is 0 Å². The van der Waals surface area contributed by atoms with Crippen LogP contribution in [0.25, 0.3) is 0 Å². The van der Waals surface area contributed by atoms with Crippen LogP contribution in [-0.2, 0) is 14.3 Å². The number of hydrogen-bond donors (Lipinski definition) is 1. The highest BCUT2D eigenvalue weighted by molar-refractivity contribution is 6.09. The zero-order valence-electron chi connectivity index (χ0n) is 10.1. The monoisotopic (exact) mass is 246 g/mol. The second kappa shape index (κ2) is 7.04. The number of benzene rings is 1. The molecule has 1 N–H and O–H groups in total. The van der Waals surface area contributed by atoms with Crippen molar-refractivity contribution in [3.63, 3.8) is 0 Å². The molecule has 18 heavy (non-hydrogen) atoms. The summed E-state index contributed by atoms with van der Waals surface area (Å²) in [5.41, 5.74) is 0.580. The highest BCUT2D eigenvalue weighted by Crippen LogP contribution is 2.07. The van der Waals surface area contributed by atoms with Crippen molar-refractivity contribution in [1.29, 1.82) is 0 Å². The van der Waals surface area contributed by atoms with Gasteiger partial charge in [0.05, 0.1) is 6.61 Å². The molecule has 1 atom stereocenters. The first kappa shape index (κ1) is 13.7. The fraction of sp³-hybridized carbons (Fsp3) is 0.231. The van der Waals surface area contributed by atoms with Crippen molar-refractivity contribution in [3.05, 3.63) is 36.9 Å². The summed E-state index contributed by atoms with van der Waals surface area (Å²) in [5, 5.41) is 2.56. The standard InChI is InChI=1S/C13H14N2O3/c1-3-14-11(13(17)18-4-2)12(16)15-10-8-6-5-7-9-10/h5-9,11H,1,4H2,2H3,(H,15,16). The molecule has 1 unspecified atom stereocenters. The van der Waals surface area contributed by atoms with E-state index in [9.17, 15) is 9.59 Å². The van der Waals surface area contributed by atoms with Crippen LogP contribution in [0.4, 0.5) is 5.69 Å². The molecular weight excluding hydrogens is 232 g/mol. The SMILES string of the molecule is C=C=NC(C(=O)Nc1ccccc1)C(=O)OCC. The molecular formula is C13H14N2O3. The first-order valence-electron chi connectivity index (χ1n) is 5.43. The molecule has 0 bridgehead atoms. The predicted octanol–water partition coefficient (Wildman–Crippen LogP) is 1.41. The molecule has 0 aliphatic carbocycles. The maximum Gasteiger partial charge on any atom is 0.341 e. The Balaban J connectivity index is 2.77. The van der Waals surface area contributed by atoms with Gasteiger partial charge in [0.2, 0.25) is 6.04 Å². The summed E-state index contributed by atoms with van der Waals surface area (Å²) in [5.74, 6) is 0.894. The normalized spacial score (nSPS) is 10.9. The Morgan fingerprint density at radius 2 is 2.11 bits per heavy atom. The van der Waals surface area contributed by atoms with E-state index in [0.29, 0.717) is 5.69 Å². The second-order valence-electron chi connectivity index (χ2n) is 3.30. The Labute approximate surface area is 105 Å². The van der Waals surface area contributed by atoms with Gasteiger partial charge in [-0.2, -0.15) is 0 Å². The number of carbonyl (C=O) groups excluding carboxylic acids is 2. The average Bonchev–Trinajstić information content (AvgIpc) is 2.37. The van der Waals surface area contributed by atoms with Crippen LogP contribution in [0.2, 0.25) is 0 Å². The van der Waals surface area contributed by atoms with Gasteiger partial charge in [0, 0.05) is 5.69 Å². The largest absolute Gasteiger partial charge is 0.464 e. The van der Waals surface area contributed by atoms with Crippen LogP contribution in [-0.4, -0.2) is 30.4 Å². The highest BCUT2D eigenvalue weighted by Gasteiger charge is 2.27. The smallest absolute Gasteiger partial charge is 0.341 e. The van der Waals surface area contributed by atoms with Crippen molar-refractivity contribution < 1.29 is 14.3 Å². The third kappa shape index (κ3) is 3.88. The lowest BCUT2D eigenvalue weighted by Gasteiger charge is -2.10. The molecule has 0 aromatic heterocycles. The van der Waals surface area contributed by atoms with Gasteiger partial charge in [0.15, 0.2) is 0 Å². The molecule has 1 aromatic carbocycles. The summed E-state index contributed by atoms with van der Waals surface area (Å²) in [7, 11) is 0. The lowest BCUT2D eigenvalue weighted by molar-refractivity contribution is -0.146. The van der Waals surface area contributed by atoms with E-state index in [4.69, 9.17) is 4.74 Å². The van der Waals surface area contributed by atoms with E-state index >= 15 is 0 Å². The van der Waals surface area contributed by atoms with Gasteiger partial charge in [-0.25, -0.2) is 9.79 Å². The number of nitrogens with zero attached hydrogens (tertiary/aromatic N) is 1. The molecule has 0 saturated carbocycles. The number of aliphatic imine (C=N–C) groups is 1. The van der Waals surface area contributed by atoms with Crippen LogP contribution in [0.3, 0.4) is 0 Å². The predicted molar refractivity (Wildman–Crippen MR) is 68.6 cm³/mol. The Morgan fingerprint density at radius 1 is 1.44 bits per heavy atom.